The molecule has 0 rings (SSSR count). The van der Waals surface area contributed by atoms with Crippen molar-refractivity contribution in [1.82, 2.24) is 0 Å². The first-order chi connectivity index (χ1) is 6.21. The average Bonchev–Trinajstić information content (AvgIpc) is 2.00. The number of carboxylic acids is 3. The summed E-state index contributed by atoms with van der Waals surface area (Å²) in [5.74, 6) is -5.47. The van der Waals surface area contributed by atoms with Crippen molar-refractivity contribution in [3.05, 3.63) is 0 Å². The quantitative estimate of drug-likeness (QED) is 0.441. The van der Waals surface area contributed by atoms with Gasteiger partial charge in [0, 0.05) is 0 Å². The topological polar surface area (TPSA) is 132 Å². The third-order valence-corrected chi connectivity index (χ3v) is 1.97. The fourth-order valence-electron chi connectivity index (χ4n) is 0.708. The first-order valence-electron chi connectivity index (χ1n) is 3.26. The van der Waals surface area contributed by atoms with Crippen molar-refractivity contribution in [1.29, 1.82) is 0 Å². The maximum Gasteiger partial charge on any atom is 0.338 e. The van der Waals surface area contributed by atoms with E-state index in [0.717, 1.165) is 0 Å². The molecular weight excluding hydrogens is 220 g/mol. The van der Waals surface area contributed by atoms with E-state index in [0.29, 0.717) is 0 Å². The Morgan fingerprint density at radius 3 is 1.86 bits per heavy atom. The summed E-state index contributed by atoms with van der Waals surface area (Å²) in [6.07, 6.45) is -1.29. The van der Waals surface area contributed by atoms with E-state index >= 15 is 0 Å². The van der Waals surface area contributed by atoms with Crippen molar-refractivity contribution in [2.45, 2.75) is 17.4 Å². The molecule has 0 saturated heterocycles. The number of rotatable bonds is 5. The Labute approximate surface area is 82.5 Å². The van der Waals surface area contributed by atoms with Crippen LogP contribution in [-0.4, -0.2) is 49.3 Å². The summed E-state index contributed by atoms with van der Waals surface area (Å²) in [4.78, 5) is 30.9. The van der Waals surface area contributed by atoms with Crippen molar-refractivity contribution in [3.63, 3.8) is 0 Å². The predicted octanol–water partition coefficient (Wildman–Crippen LogP) is -1.03. The van der Waals surface area contributed by atoms with Crippen LogP contribution in [-0.2, 0) is 14.4 Å². The zero-order valence-electron chi connectivity index (χ0n) is 6.68. The molecule has 0 amide bonds. The molecule has 0 aromatic heterocycles. The van der Waals surface area contributed by atoms with Crippen molar-refractivity contribution >= 4 is 29.5 Å². The highest BCUT2D eigenvalue weighted by Crippen LogP contribution is 2.21. The second-order valence-electron chi connectivity index (χ2n) is 2.50. The lowest BCUT2D eigenvalue weighted by atomic mass is 9.95. The van der Waals surface area contributed by atoms with Crippen molar-refractivity contribution < 1.29 is 34.8 Å². The maximum absolute atomic E-state index is 10.4. The minimum atomic E-state index is -3.01. The summed E-state index contributed by atoms with van der Waals surface area (Å²) in [5, 5.41) is 32.0. The molecular formula is C6H7ClO7. The number of hydrogen-bond donors (Lipinski definition) is 4. The molecule has 2 atom stereocenters. The minimum Gasteiger partial charge on any atom is -0.481 e. The van der Waals surface area contributed by atoms with Crippen LogP contribution in [0.25, 0.3) is 0 Å². The summed E-state index contributed by atoms with van der Waals surface area (Å²) in [6.45, 7) is 0. The van der Waals surface area contributed by atoms with Gasteiger partial charge in [-0.05, 0) is 0 Å². The number of aliphatic carboxylic acids is 3. The molecule has 0 aromatic carbocycles. The first-order valence-corrected chi connectivity index (χ1v) is 3.70. The summed E-state index contributed by atoms with van der Waals surface area (Å²) in [5.41, 5.74) is -3.01. The van der Waals surface area contributed by atoms with Gasteiger partial charge in [-0.1, -0.05) is 0 Å². The zero-order valence-corrected chi connectivity index (χ0v) is 7.43. The van der Waals surface area contributed by atoms with E-state index in [1.54, 1.807) is 0 Å². The van der Waals surface area contributed by atoms with E-state index in [4.69, 9.17) is 26.9 Å². The van der Waals surface area contributed by atoms with Gasteiger partial charge in [0.25, 0.3) is 0 Å². The fraction of sp³-hybridized carbons (Fsp3) is 0.500. The SMILES string of the molecule is O=C(O)C[C@](O)(C(=O)O)[C@H](Cl)C(=O)O. The van der Waals surface area contributed by atoms with Gasteiger partial charge in [-0.15, -0.1) is 11.6 Å². The van der Waals surface area contributed by atoms with Crippen LogP contribution in [0.5, 0.6) is 0 Å². The summed E-state index contributed by atoms with van der Waals surface area (Å²) < 4.78 is 0. The van der Waals surface area contributed by atoms with Crippen LogP contribution in [0.4, 0.5) is 0 Å². The van der Waals surface area contributed by atoms with Gasteiger partial charge >= 0.3 is 17.9 Å². The van der Waals surface area contributed by atoms with Crippen LogP contribution in [0.1, 0.15) is 6.42 Å². The second kappa shape index (κ2) is 4.25. The molecule has 0 aliphatic rings. The Morgan fingerprint density at radius 2 is 1.64 bits per heavy atom. The van der Waals surface area contributed by atoms with Crippen LogP contribution in [0.3, 0.4) is 0 Å². The predicted molar refractivity (Wildman–Crippen MR) is 42.1 cm³/mol. The lowest BCUT2D eigenvalue weighted by Gasteiger charge is -2.23. The average molecular weight is 227 g/mol. The van der Waals surface area contributed by atoms with E-state index in [-0.39, 0.29) is 0 Å². The van der Waals surface area contributed by atoms with Crippen LogP contribution < -0.4 is 0 Å². The van der Waals surface area contributed by atoms with E-state index < -0.39 is 35.3 Å². The number of halogens is 1. The van der Waals surface area contributed by atoms with Crippen molar-refractivity contribution in [2.24, 2.45) is 0 Å². The van der Waals surface area contributed by atoms with Crippen LogP contribution >= 0.6 is 11.6 Å². The van der Waals surface area contributed by atoms with E-state index in [1.165, 1.54) is 0 Å². The Hall–Kier alpha value is -1.34. The molecule has 0 radical (unpaired) electrons. The number of carbonyl (C=O) groups is 3. The van der Waals surface area contributed by atoms with Gasteiger partial charge in [0.1, 0.15) is 0 Å². The van der Waals surface area contributed by atoms with Gasteiger partial charge in [0.15, 0.2) is 11.0 Å². The molecule has 0 spiro atoms. The minimum absolute atomic E-state index is 1.29. The molecule has 0 heterocycles. The Bertz CT molecular complexity index is 275. The highest BCUT2D eigenvalue weighted by atomic mass is 35.5. The highest BCUT2D eigenvalue weighted by Gasteiger charge is 2.49. The first kappa shape index (κ1) is 12.7. The third kappa shape index (κ3) is 2.57. The van der Waals surface area contributed by atoms with E-state index in [9.17, 15) is 19.5 Å². The summed E-state index contributed by atoms with van der Waals surface area (Å²) in [7, 11) is 0. The normalized spacial score (nSPS) is 16.7. The molecule has 4 N–H and O–H groups in total. The van der Waals surface area contributed by atoms with Crippen LogP contribution in [0.2, 0.25) is 0 Å². The lowest BCUT2D eigenvalue weighted by Crippen LogP contribution is -2.51. The van der Waals surface area contributed by atoms with E-state index in [2.05, 4.69) is 0 Å². The van der Waals surface area contributed by atoms with Gasteiger partial charge < -0.3 is 20.4 Å². The molecule has 8 heteroatoms. The second-order valence-corrected chi connectivity index (χ2v) is 2.94. The largest absolute Gasteiger partial charge is 0.481 e. The summed E-state index contributed by atoms with van der Waals surface area (Å²) >= 11 is 5.07. The Kier molecular flexibility index (Phi) is 3.84. The molecule has 80 valence electrons. The van der Waals surface area contributed by atoms with Gasteiger partial charge in [-0.3, -0.25) is 9.59 Å². The lowest BCUT2D eigenvalue weighted by molar-refractivity contribution is -0.169. The summed E-state index contributed by atoms with van der Waals surface area (Å²) in [6, 6.07) is 0. The molecule has 0 aliphatic carbocycles. The monoisotopic (exact) mass is 226 g/mol. The van der Waals surface area contributed by atoms with Crippen LogP contribution in [0, 0.1) is 0 Å². The standard InChI is InChI=1S/C6H7ClO7/c7-3(4(10)11)6(14,5(12)13)1-2(8)9/h3,14H,1H2,(H,8,9)(H,10,11)(H,12,13)/t3-,6-/m1/s1. The molecule has 7 nitrogen and oxygen atoms in total. The van der Waals surface area contributed by atoms with Gasteiger partial charge in [-0.2, -0.15) is 0 Å². The Balaban J connectivity index is 4.99. The molecule has 0 fully saturated rings. The van der Waals surface area contributed by atoms with Gasteiger partial charge in [-0.25, -0.2) is 4.79 Å². The molecule has 0 aromatic rings. The van der Waals surface area contributed by atoms with Crippen molar-refractivity contribution in [2.75, 3.05) is 0 Å². The van der Waals surface area contributed by atoms with Gasteiger partial charge in [0.05, 0.1) is 6.42 Å². The highest BCUT2D eigenvalue weighted by molar-refractivity contribution is 6.32. The number of hydrogen-bond acceptors (Lipinski definition) is 4. The maximum atomic E-state index is 10.4. The number of carboxylic acid groups (broad SMARTS) is 3. The molecule has 0 unspecified atom stereocenters. The fourth-order valence-corrected chi connectivity index (χ4v) is 0.879. The van der Waals surface area contributed by atoms with Crippen LogP contribution in [0.15, 0.2) is 0 Å². The smallest absolute Gasteiger partial charge is 0.338 e. The van der Waals surface area contributed by atoms with Gasteiger partial charge in [0.2, 0.25) is 0 Å². The van der Waals surface area contributed by atoms with Crippen molar-refractivity contribution in [3.8, 4) is 0 Å². The Morgan fingerprint density at radius 1 is 1.21 bits per heavy atom. The zero-order chi connectivity index (χ0) is 11.5. The molecule has 0 saturated carbocycles. The molecule has 0 bridgehead atoms. The third-order valence-electron chi connectivity index (χ3n) is 1.43. The molecule has 14 heavy (non-hydrogen) atoms. The molecule has 0 aliphatic heterocycles. The number of alkyl halides is 1. The van der Waals surface area contributed by atoms with E-state index in [1.807, 2.05) is 0 Å². The number of aliphatic hydroxyl groups is 1.